The van der Waals surface area contributed by atoms with Gasteiger partial charge in [0.1, 0.15) is 6.04 Å². The number of nitrogens with one attached hydrogen (secondary N) is 2. The zero-order chi connectivity index (χ0) is 25.9. The second kappa shape index (κ2) is 10.7. The summed E-state index contributed by atoms with van der Waals surface area (Å²) < 4.78 is 2.21. The Labute approximate surface area is 226 Å². The van der Waals surface area contributed by atoms with Gasteiger partial charge in [-0.3, -0.25) is 14.8 Å². The van der Waals surface area contributed by atoms with E-state index in [-0.39, 0.29) is 23.9 Å². The van der Waals surface area contributed by atoms with E-state index in [1.807, 2.05) is 68.6 Å². The van der Waals surface area contributed by atoms with Crippen molar-refractivity contribution in [2.45, 2.75) is 32.5 Å². The number of anilines is 2. The molecule has 3 aromatic heterocycles. The van der Waals surface area contributed by atoms with Gasteiger partial charge in [-0.05, 0) is 66.3 Å². The minimum absolute atomic E-state index is 0.0886. The third kappa shape index (κ3) is 5.21. The lowest BCUT2D eigenvalue weighted by atomic mass is 10.0. The fraction of sp³-hybridized carbons (Fsp3) is 0.214. The van der Waals surface area contributed by atoms with Crippen LogP contribution < -0.4 is 15.5 Å². The highest BCUT2D eigenvalue weighted by molar-refractivity contribution is 7.80. The lowest BCUT2D eigenvalue weighted by Gasteiger charge is -2.29. The second-order valence-corrected chi connectivity index (χ2v) is 10.0. The first-order valence-electron chi connectivity index (χ1n) is 12.1. The predicted molar refractivity (Wildman–Crippen MR) is 151 cm³/mol. The highest BCUT2D eigenvalue weighted by Gasteiger charge is 2.42. The summed E-state index contributed by atoms with van der Waals surface area (Å²) >= 11 is 12.5. The highest BCUT2D eigenvalue weighted by atomic mass is 35.5. The summed E-state index contributed by atoms with van der Waals surface area (Å²) in [5.41, 5.74) is 4.45. The Balaban J connectivity index is 1.55. The average molecular weight is 531 g/mol. The van der Waals surface area contributed by atoms with Crippen LogP contribution in [0.1, 0.15) is 42.9 Å². The largest absolute Gasteiger partial charge is 0.351 e. The molecule has 4 heterocycles. The Kier molecular flexibility index (Phi) is 7.21. The molecule has 1 aliphatic heterocycles. The maximum atomic E-state index is 12.2. The summed E-state index contributed by atoms with van der Waals surface area (Å²) in [6.45, 7) is 4.35. The van der Waals surface area contributed by atoms with Gasteiger partial charge in [0, 0.05) is 48.6 Å². The fourth-order valence-electron chi connectivity index (χ4n) is 4.49. The van der Waals surface area contributed by atoms with Crippen LogP contribution in [0.2, 0.25) is 5.02 Å². The zero-order valence-corrected chi connectivity index (χ0v) is 22.1. The Morgan fingerprint density at radius 1 is 1.14 bits per heavy atom. The van der Waals surface area contributed by atoms with Crippen molar-refractivity contribution in [1.82, 2.24) is 19.9 Å². The molecule has 1 aliphatic rings. The monoisotopic (exact) mass is 530 g/mol. The van der Waals surface area contributed by atoms with Crippen molar-refractivity contribution in [2.24, 2.45) is 5.92 Å². The maximum absolute atomic E-state index is 12.2. The van der Waals surface area contributed by atoms with Crippen molar-refractivity contribution < 1.29 is 4.79 Å². The van der Waals surface area contributed by atoms with Gasteiger partial charge in [0.15, 0.2) is 5.11 Å². The highest BCUT2D eigenvalue weighted by Crippen LogP contribution is 2.43. The number of rotatable bonds is 7. The second-order valence-electron chi connectivity index (χ2n) is 9.23. The molecule has 0 unspecified atom stereocenters. The van der Waals surface area contributed by atoms with Gasteiger partial charge < -0.3 is 20.1 Å². The van der Waals surface area contributed by atoms with Crippen LogP contribution in [0.5, 0.6) is 0 Å². The Hall–Kier alpha value is -3.75. The zero-order valence-electron chi connectivity index (χ0n) is 20.5. The van der Waals surface area contributed by atoms with E-state index in [0.29, 0.717) is 22.4 Å². The SMILES string of the molecule is CC(C)C(=O)Nc1ccc(N2C(=S)N[C@@H](c3ccccn3)[C@H]2c2cccn2Cc2cccnc2)cc1Cl. The topological polar surface area (TPSA) is 75.1 Å². The van der Waals surface area contributed by atoms with E-state index in [4.69, 9.17) is 23.8 Å². The molecule has 4 aromatic rings. The summed E-state index contributed by atoms with van der Waals surface area (Å²) in [6.07, 6.45) is 7.50. The van der Waals surface area contributed by atoms with Gasteiger partial charge in [-0.25, -0.2) is 0 Å². The standard InChI is InChI=1S/C28H27ClN6OS/c1-18(2)27(36)32-22-11-10-20(15-21(22)29)35-26(25(33-28(35)37)23-8-3-4-13-31-23)24-9-6-14-34(24)17-19-7-5-12-30-16-19/h3-16,18,25-26H,17H2,1-2H3,(H,32,36)(H,33,37)/t25-,26+/m0/s1. The number of thiocarbonyl (C=S) groups is 1. The van der Waals surface area contributed by atoms with Gasteiger partial charge in [0.2, 0.25) is 5.91 Å². The van der Waals surface area contributed by atoms with Crippen LogP contribution in [0.4, 0.5) is 11.4 Å². The Morgan fingerprint density at radius 3 is 2.70 bits per heavy atom. The van der Waals surface area contributed by atoms with E-state index in [1.54, 1.807) is 12.4 Å². The first-order valence-corrected chi connectivity index (χ1v) is 12.9. The molecule has 1 aromatic carbocycles. The van der Waals surface area contributed by atoms with E-state index in [1.165, 1.54) is 0 Å². The number of benzene rings is 1. The van der Waals surface area contributed by atoms with Crippen LogP contribution >= 0.6 is 23.8 Å². The van der Waals surface area contributed by atoms with Crippen LogP contribution in [0, 0.1) is 5.92 Å². The number of carbonyl (C=O) groups excluding carboxylic acids is 1. The number of halogens is 1. The molecule has 2 atom stereocenters. The number of aromatic nitrogens is 3. The number of amides is 1. The van der Waals surface area contributed by atoms with E-state index in [0.717, 1.165) is 22.6 Å². The van der Waals surface area contributed by atoms with Crippen molar-refractivity contribution in [2.75, 3.05) is 10.2 Å². The van der Waals surface area contributed by atoms with Gasteiger partial charge in [0.25, 0.3) is 0 Å². The normalized spacial score (nSPS) is 17.2. The van der Waals surface area contributed by atoms with Crippen LogP contribution in [0.15, 0.2) is 85.5 Å². The molecule has 9 heteroatoms. The van der Waals surface area contributed by atoms with E-state index >= 15 is 0 Å². The molecule has 0 radical (unpaired) electrons. The molecule has 0 aliphatic carbocycles. The molecule has 5 rings (SSSR count). The summed E-state index contributed by atoms with van der Waals surface area (Å²) in [5, 5.41) is 7.39. The summed E-state index contributed by atoms with van der Waals surface area (Å²) in [4.78, 5) is 23.2. The Morgan fingerprint density at radius 2 is 2.00 bits per heavy atom. The van der Waals surface area contributed by atoms with Crippen molar-refractivity contribution in [1.29, 1.82) is 0 Å². The molecule has 1 saturated heterocycles. The average Bonchev–Trinajstić information content (AvgIpc) is 3.49. The third-order valence-corrected chi connectivity index (χ3v) is 6.98. The van der Waals surface area contributed by atoms with Gasteiger partial charge in [-0.1, -0.05) is 37.6 Å². The van der Waals surface area contributed by atoms with Crippen molar-refractivity contribution in [3.8, 4) is 0 Å². The van der Waals surface area contributed by atoms with Crippen LogP contribution in [0.3, 0.4) is 0 Å². The Bertz CT molecular complexity index is 1410. The predicted octanol–water partition coefficient (Wildman–Crippen LogP) is 5.75. The van der Waals surface area contributed by atoms with Crippen LogP contribution in [-0.2, 0) is 11.3 Å². The molecule has 188 valence electrons. The quantitative estimate of drug-likeness (QED) is 0.296. The van der Waals surface area contributed by atoms with Crippen LogP contribution in [0.25, 0.3) is 0 Å². The molecular weight excluding hydrogens is 504 g/mol. The van der Waals surface area contributed by atoms with Crippen molar-refractivity contribution in [3.63, 3.8) is 0 Å². The van der Waals surface area contributed by atoms with E-state index in [2.05, 4.69) is 48.4 Å². The number of carbonyl (C=O) groups is 1. The van der Waals surface area contributed by atoms with E-state index in [9.17, 15) is 4.79 Å². The van der Waals surface area contributed by atoms with Crippen molar-refractivity contribution in [3.05, 3.63) is 107 Å². The molecule has 2 N–H and O–H groups in total. The minimum Gasteiger partial charge on any atom is -0.351 e. The number of nitrogens with zero attached hydrogens (tertiary/aromatic N) is 4. The van der Waals surface area contributed by atoms with E-state index < -0.39 is 0 Å². The molecule has 0 spiro atoms. The third-order valence-electron chi connectivity index (χ3n) is 6.35. The number of pyridine rings is 2. The molecule has 0 bridgehead atoms. The van der Waals surface area contributed by atoms with Gasteiger partial charge >= 0.3 is 0 Å². The number of hydrogen-bond donors (Lipinski definition) is 2. The molecule has 0 saturated carbocycles. The summed E-state index contributed by atoms with van der Waals surface area (Å²) in [5.74, 6) is -0.239. The first-order chi connectivity index (χ1) is 17.9. The van der Waals surface area contributed by atoms with Gasteiger partial charge in [-0.15, -0.1) is 0 Å². The van der Waals surface area contributed by atoms with Gasteiger partial charge in [0.05, 0.1) is 22.4 Å². The smallest absolute Gasteiger partial charge is 0.226 e. The maximum Gasteiger partial charge on any atom is 0.226 e. The molecule has 1 fully saturated rings. The lowest BCUT2D eigenvalue weighted by Crippen LogP contribution is -2.30. The summed E-state index contributed by atoms with van der Waals surface area (Å²) in [7, 11) is 0. The molecule has 7 nitrogen and oxygen atoms in total. The summed E-state index contributed by atoms with van der Waals surface area (Å²) in [6, 6.07) is 19.2. The number of hydrogen-bond acceptors (Lipinski definition) is 4. The minimum atomic E-state index is -0.193. The molecular formula is C28H27ClN6OS. The van der Waals surface area contributed by atoms with Gasteiger partial charge in [-0.2, -0.15) is 0 Å². The molecule has 37 heavy (non-hydrogen) atoms. The first kappa shape index (κ1) is 24.9. The fourth-order valence-corrected chi connectivity index (χ4v) is 5.06. The van der Waals surface area contributed by atoms with Crippen LogP contribution in [-0.4, -0.2) is 25.6 Å². The lowest BCUT2D eigenvalue weighted by molar-refractivity contribution is -0.118. The molecule has 1 amide bonds. The van der Waals surface area contributed by atoms with Crippen molar-refractivity contribution >= 4 is 46.2 Å².